The van der Waals surface area contributed by atoms with Crippen molar-refractivity contribution in [1.82, 2.24) is 10.2 Å². The van der Waals surface area contributed by atoms with Crippen molar-refractivity contribution >= 4 is 63.2 Å². The highest BCUT2D eigenvalue weighted by Crippen LogP contribution is 2.32. The summed E-state index contributed by atoms with van der Waals surface area (Å²) in [5.41, 5.74) is 3.19. The Morgan fingerprint density at radius 3 is 2.45 bits per heavy atom. The van der Waals surface area contributed by atoms with Crippen LogP contribution in [-0.4, -0.2) is 34.7 Å². The minimum Gasteiger partial charge on any atom is -0.350 e. The van der Waals surface area contributed by atoms with Gasteiger partial charge in [-0.15, -0.1) is 0 Å². The number of carbonyl (C=O) groups excluding carboxylic acids is 4. The number of aryl methyl sites for hydroxylation is 1. The molecule has 0 aliphatic carbocycles. The van der Waals surface area contributed by atoms with Gasteiger partial charge in [-0.25, -0.2) is 4.79 Å². The predicted octanol–water partition coefficient (Wildman–Crippen LogP) is 4.90. The van der Waals surface area contributed by atoms with Gasteiger partial charge in [-0.2, -0.15) is 0 Å². The highest BCUT2D eigenvalue weighted by Gasteiger charge is 2.41. The molecule has 38 heavy (non-hydrogen) atoms. The molecule has 1 saturated heterocycles. The van der Waals surface area contributed by atoms with Crippen molar-refractivity contribution in [2.24, 2.45) is 0 Å². The fourth-order valence-electron chi connectivity index (χ4n) is 4.51. The fraction of sp³-hybridized carbons (Fsp3) is 0.143. The number of hydrogen-bond donors (Lipinski definition) is 4. The zero-order valence-electron chi connectivity index (χ0n) is 20.4. The first-order chi connectivity index (χ1) is 18.2. The van der Waals surface area contributed by atoms with E-state index in [1.165, 1.54) is 6.08 Å². The summed E-state index contributed by atoms with van der Waals surface area (Å²) in [4.78, 5) is 51.8. The summed E-state index contributed by atoms with van der Waals surface area (Å²) in [6.07, 6.45) is 2.00. The van der Waals surface area contributed by atoms with Gasteiger partial charge in [0, 0.05) is 38.9 Å². The second kappa shape index (κ2) is 10.0. The van der Waals surface area contributed by atoms with Crippen LogP contribution in [0.15, 0.2) is 78.6 Å². The van der Waals surface area contributed by atoms with E-state index in [1.807, 2.05) is 25.1 Å². The Hall–Kier alpha value is -4.63. The summed E-state index contributed by atoms with van der Waals surface area (Å²) < 4.78 is 0. The molecule has 2 heterocycles. The Bertz CT molecular complexity index is 1560. The smallest absolute Gasteiger partial charge is 0.323 e. The molecule has 0 aromatic heterocycles. The molecular weight excluding hydrogens is 506 g/mol. The van der Waals surface area contributed by atoms with E-state index in [1.54, 1.807) is 36.4 Å². The number of carbonyl (C=O) groups is 4. The highest BCUT2D eigenvalue weighted by molar-refractivity contribution is 6.31. The van der Waals surface area contributed by atoms with E-state index in [-0.39, 0.29) is 5.70 Å². The number of nitrogens with one attached hydrogen (secondary N) is 4. The standard InChI is InChI=1S/C28H24ClN5O4/c1-15-9-11-17(13-20(15)29)31-28(38)33-22-8-4-5-18-19(22)6-3-7-21(18)32-23-14-25(35)34(27(23)37)24-12-10-16(2)30-26(24)36/h3-9,11,13-14,24,32H,2,10,12H2,1H3,(H,30,36)(H2,31,33,38). The van der Waals surface area contributed by atoms with E-state index >= 15 is 0 Å². The van der Waals surface area contributed by atoms with Gasteiger partial charge in [-0.1, -0.05) is 48.5 Å². The predicted molar refractivity (Wildman–Crippen MR) is 147 cm³/mol. The van der Waals surface area contributed by atoms with E-state index in [9.17, 15) is 19.2 Å². The molecule has 4 N–H and O–H groups in total. The summed E-state index contributed by atoms with van der Waals surface area (Å²) in [6.45, 7) is 5.61. The first-order valence-electron chi connectivity index (χ1n) is 11.9. The molecule has 1 unspecified atom stereocenters. The molecule has 1 fully saturated rings. The van der Waals surface area contributed by atoms with Crippen molar-refractivity contribution in [1.29, 1.82) is 0 Å². The monoisotopic (exact) mass is 529 g/mol. The first kappa shape index (κ1) is 25.0. The molecule has 0 saturated carbocycles. The number of urea groups is 1. The molecule has 1 atom stereocenters. The van der Waals surface area contributed by atoms with Gasteiger partial charge in [0.25, 0.3) is 11.8 Å². The number of benzene rings is 3. The minimum absolute atomic E-state index is 0.0621. The largest absolute Gasteiger partial charge is 0.350 e. The van der Waals surface area contributed by atoms with Gasteiger partial charge in [0.1, 0.15) is 11.7 Å². The number of imide groups is 1. The molecule has 3 aromatic rings. The van der Waals surface area contributed by atoms with E-state index in [4.69, 9.17) is 11.6 Å². The van der Waals surface area contributed by atoms with Crippen LogP contribution in [0.1, 0.15) is 18.4 Å². The molecule has 0 radical (unpaired) electrons. The lowest BCUT2D eigenvalue weighted by molar-refractivity contribution is -0.146. The molecular formula is C28H24ClN5O4. The zero-order valence-corrected chi connectivity index (χ0v) is 21.2. The Balaban J connectivity index is 1.35. The van der Waals surface area contributed by atoms with Crippen molar-refractivity contribution in [3.05, 3.63) is 89.2 Å². The average molecular weight is 530 g/mol. The van der Waals surface area contributed by atoms with Gasteiger partial charge < -0.3 is 21.3 Å². The molecule has 0 spiro atoms. The van der Waals surface area contributed by atoms with Crippen LogP contribution in [-0.2, 0) is 14.4 Å². The third kappa shape index (κ3) is 4.83. The van der Waals surface area contributed by atoms with E-state index in [0.717, 1.165) is 15.8 Å². The molecule has 2 aliphatic heterocycles. The van der Waals surface area contributed by atoms with Crippen molar-refractivity contribution in [2.45, 2.75) is 25.8 Å². The van der Waals surface area contributed by atoms with Gasteiger partial charge >= 0.3 is 6.03 Å². The summed E-state index contributed by atoms with van der Waals surface area (Å²) in [5, 5.41) is 13.2. The first-order valence-corrected chi connectivity index (χ1v) is 12.3. The fourth-order valence-corrected chi connectivity index (χ4v) is 4.69. The number of allylic oxidation sites excluding steroid dienone is 1. The Labute approximate surface area is 223 Å². The number of anilines is 3. The maximum atomic E-state index is 13.1. The minimum atomic E-state index is -0.888. The van der Waals surface area contributed by atoms with Crippen LogP contribution in [0.5, 0.6) is 0 Å². The van der Waals surface area contributed by atoms with Crippen LogP contribution in [0.3, 0.4) is 0 Å². The number of piperidine rings is 1. The van der Waals surface area contributed by atoms with Crippen LogP contribution < -0.4 is 21.3 Å². The van der Waals surface area contributed by atoms with Gasteiger partial charge in [0.2, 0.25) is 5.91 Å². The van der Waals surface area contributed by atoms with Crippen LogP contribution in [0.4, 0.5) is 21.9 Å². The van der Waals surface area contributed by atoms with Crippen molar-refractivity contribution in [3.63, 3.8) is 0 Å². The summed E-state index contributed by atoms with van der Waals surface area (Å²) >= 11 is 6.15. The van der Waals surface area contributed by atoms with E-state index < -0.39 is 29.8 Å². The second-order valence-corrected chi connectivity index (χ2v) is 9.50. The number of nitrogens with zero attached hydrogens (tertiary/aromatic N) is 1. The lowest BCUT2D eigenvalue weighted by Gasteiger charge is -2.29. The summed E-state index contributed by atoms with van der Waals surface area (Å²) in [7, 11) is 0. The maximum absolute atomic E-state index is 13.1. The number of fused-ring (bicyclic) bond motifs is 1. The lowest BCUT2D eigenvalue weighted by atomic mass is 10.0. The molecule has 192 valence electrons. The van der Waals surface area contributed by atoms with E-state index in [0.29, 0.717) is 46.0 Å². The number of amides is 5. The van der Waals surface area contributed by atoms with Gasteiger partial charge in [0.15, 0.2) is 0 Å². The Kier molecular flexibility index (Phi) is 6.61. The molecule has 0 bridgehead atoms. The van der Waals surface area contributed by atoms with Crippen LogP contribution >= 0.6 is 11.6 Å². The third-order valence-corrected chi connectivity index (χ3v) is 6.86. The van der Waals surface area contributed by atoms with Gasteiger partial charge in [-0.3, -0.25) is 19.3 Å². The van der Waals surface area contributed by atoms with Crippen molar-refractivity contribution in [2.75, 3.05) is 16.0 Å². The van der Waals surface area contributed by atoms with Gasteiger partial charge in [-0.05, 0) is 49.6 Å². The zero-order chi connectivity index (χ0) is 27.0. The highest BCUT2D eigenvalue weighted by atomic mass is 35.5. The average Bonchev–Trinajstić information content (AvgIpc) is 3.14. The Morgan fingerprint density at radius 1 is 1.03 bits per heavy atom. The molecule has 9 nitrogen and oxygen atoms in total. The lowest BCUT2D eigenvalue weighted by Crippen LogP contribution is -2.52. The molecule has 3 aromatic carbocycles. The van der Waals surface area contributed by atoms with E-state index in [2.05, 4.69) is 27.8 Å². The van der Waals surface area contributed by atoms with Crippen LogP contribution in [0.2, 0.25) is 5.02 Å². The Morgan fingerprint density at radius 2 is 1.74 bits per heavy atom. The number of rotatable bonds is 5. The molecule has 2 aliphatic rings. The van der Waals surface area contributed by atoms with Gasteiger partial charge in [0.05, 0.1) is 5.69 Å². The molecule has 5 amide bonds. The summed E-state index contributed by atoms with van der Waals surface area (Å²) in [5.74, 6) is -1.56. The van der Waals surface area contributed by atoms with Crippen LogP contribution in [0, 0.1) is 6.92 Å². The SMILES string of the molecule is C=C1CCC(N2C(=O)C=C(Nc3cccc4c(NC(=O)Nc5ccc(C)c(Cl)c5)cccc34)C2=O)C(=O)N1. The normalized spacial score (nSPS) is 17.4. The molecule has 10 heteroatoms. The summed E-state index contributed by atoms with van der Waals surface area (Å²) in [6, 6.07) is 14.6. The third-order valence-electron chi connectivity index (χ3n) is 6.46. The second-order valence-electron chi connectivity index (χ2n) is 9.09. The van der Waals surface area contributed by atoms with Crippen molar-refractivity contribution in [3.8, 4) is 0 Å². The van der Waals surface area contributed by atoms with Crippen molar-refractivity contribution < 1.29 is 19.2 Å². The van der Waals surface area contributed by atoms with Crippen LogP contribution in [0.25, 0.3) is 10.8 Å². The number of hydrogen-bond acceptors (Lipinski definition) is 5. The maximum Gasteiger partial charge on any atom is 0.323 e. The number of halogens is 1. The molecule has 5 rings (SSSR count). The quantitative estimate of drug-likeness (QED) is 0.350. The topological polar surface area (TPSA) is 120 Å².